The minimum absolute atomic E-state index is 0.0733. The van der Waals surface area contributed by atoms with Gasteiger partial charge < -0.3 is 9.64 Å². The number of amides is 1. The summed E-state index contributed by atoms with van der Waals surface area (Å²) in [6.07, 6.45) is 0.877. The van der Waals surface area contributed by atoms with E-state index in [0.29, 0.717) is 24.4 Å². The largest absolute Gasteiger partial charge is 0.483 e. The second-order valence-corrected chi connectivity index (χ2v) is 6.14. The highest BCUT2D eigenvalue weighted by Gasteiger charge is 2.15. The Morgan fingerprint density at radius 1 is 1.04 bits per heavy atom. The van der Waals surface area contributed by atoms with Gasteiger partial charge >= 0.3 is 0 Å². The maximum Gasteiger partial charge on any atom is 0.260 e. The minimum atomic E-state index is -0.0826. The number of para-hydroxylation sites is 1. The molecule has 4 nitrogen and oxygen atoms in total. The van der Waals surface area contributed by atoms with E-state index in [0.717, 1.165) is 12.0 Å². The third-order valence-corrected chi connectivity index (χ3v) is 3.96. The first-order valence-corrected chi connectivity index (χ1v) is 8.57. The van der Waals surface area contributed by atoms with E-state index in [2.05, 4.69) is 0 Å². The number of aryl methyl sites for hydroxylation is 1. The molecule has 0 saturated heterocycles. The maximum atomic E-state index is 12.6. The molecule has 0 bridgehead atoms. The Kier molecular flexibility index (Phi) is 6.75. The molecular weight excluding hydrogens is 314 g/mol. The summed E-state index contributed by atoms with van der Waals surface area (Å²) < 4.78 is 5.63. The van der Waals surface area contributed by atoms with Crippen LogP contribution in [-0.4, -0.2) is 29.7 Å². The summed E-state index contributed by atoms with van der Waals surface area (Å²) in [6, 6.07) is 15.2. The van der Waals surface area contributed by atoms with Gasteiger partial charge in [0, 0.05) is 13.1 Å². The van der Waals surface area contributed by atoms with E-state index < -0.39 is 0 Å². The summed E-state index contributed by atoms with van der Waals surface area (Å²) >= 11 is 0. The fourth-order valence-electron chi connectivity index (χ4n) is 2.59. The summed E-state index contributed by atoms with van der Waals surface area (Å²) in [4.78, 5) is 26.0. The number of benzene rings is 2. The molecule has 4 heteroatoms. The average molecular weight is 339 g/mol. The number of ketones is 1. The van der Waals surface area contributed by atoms with E-state index in [9.17, 15) is 9.59 Å². The predicted molar refractivity (Wildman–Crippen MR) is 98.8 cm³/mol. The van der Waals surface area contributed by atoms with E-state index in [-0.39, 0.29) is 18.3 Å². The number of rotatable bonds is 8. The van der Waals surface area contributed by atoms with Crippen LogP contribution in [0.4, 0.5) is 0 Å². The summed E-state index contributed by atoms with van der Waals surface area (Å²) in [7, 11) is 0. The van der Waals surface area contributed by atoms with E-state index in [1.165, 1.54) is 12.5 Å². The molecule has 0 heterocycles. The van der Waals surface area contributed by atoms with Gasteiger partial charge in [0.15, 0.2) is 12.4 Å². The zero-order chi connectivity index (χ0) is 18.2. The van der Waals surface area contributed by atoms with Crippen LogP contribution in [0.3, 0.4) is 0 Å². The van der Waals surface area contributed by atoms with Crippen molar-refractivity contribution in [2.75, 3.05) is 13.2 Å². The first-order valence-electron chi connectivity index (χ1n) is 8.57. The zero-order valence-corrected chi connectivity index (χ0v) is 15.1. The molecule has 0 aliphatic heterocycles. The van der Waals surface area contributed by atoms with Gasteiger partial charge in [-0.05, 0) is 38.0 Å². The molecule has 0 N–H and O–H groups in total. The number of hydrogen-bond donors (Lipinski definition) is 0. The smallest absolute Gasteiger partial charge is 0.260 e. The van der Waals surface area contributed by atoms with Gasteiger partial charge in [0.1, 0.15) is 5.75 Å². The standard InChI is InChI=1S/C21H25NO3/c1-4-13-22(14-18-11-9-16(2)10-12-18)21(24)15-25-20-8-6-5-7-19(20)17(3)23/h5-12H,4,13-15H2,1-3H3. The molecule has 0 fully saturated rings. The second kappa shape index (κ2) is 9.02. The van der Waals surface area contributed by atoms with Gasteiger partial charge in [-0.1, -0.05) is 48.9 Å². The molecule has 25 heavy (non-hydrogen) atoms. The van der Waals surface area contributed by atoms with Crippen molar-refractivity contribution in [3.05, 3.63) is 65.2 Å². The Morgan fingerprint density at radius 2 is 1.72 bits per heavy atom. The van der Waals surface area contributed by atoms with E-state index in [1.807, 2.05) is 38.1 Å². The molecule has 132 valence electrons. The highest BCUT2D eigenvalue weighted by Crippen LogP contribution is 2.18. The topological polar surface area (TPSA) is 46.6 Å². The van der Waals surface area contributed by atoms with Crippen LogP contribution in [0.25, 0.3) is 0 Å². The molecule has 0 saturated carbocycles. The van der Waals surface area contributed by atoms with E-state index >= 15 is 0 Å². The van der Waals surface area contributed by atoms with Crippen molar-refractivity contribution in [1.29, 1.82) is 0 Å². The summed E-state index contributed by atoms with van der Waals surface area (Å²) in [5, 5.41) is 0. The summed E-state index contributed by atoms with van der Waals surface area (Å²) in [5.41, 5.74) is 2.79. The number of nitrogens with zero attached hydrogens (tertiary/aromatic N) is 1. The molecule has 1 amide bonds. The lowest BCUT2D eigenvalue weighted by Gasteiger charge is -2.22. The molecule has 0 aromatic heterocycles. The third kappa shape index (κ3) is 5.45. The van der Waals surface area contributed by atoms with Crippen LogP contribution in [-0.2, 0) is 11.3 Å². The minimum Gasteiger partial charge on any atom is -0.483 e. The third-order valence-electron chi connectivity index (χ3n) is 3.96. The lowest BCUT2D eigenvalue weighted by Crippen LogP contribution is -2.35. The SMILES string of the molecule is CCCN(Cc1ccc(C)cc1)C(=O)COc1ccccc1C(C)=O. The zero-order valence-electron chi connectivity index (χ0n) is 15.1. The number of carbonyl (C=O) groups is 2. The van der Waals surface area contributed by atoms with Gasteiger partial charge in [0.05, 0.1) is 5.56 Å². The monoisotopic (exact) mass is 339 g/mol. The van der Waals surface area contributed by atoms with E-state index in [4.69, 9.17) is 4.74 Å². The van der Waals surface area contributed by atoms with Crippen LogP contribution in [0.5, 0.6) is 5.75 Å². The predicted octanol–water partition coefficient (Wildman–Crippen LogP) is 4.02. The molecule has 0 unspecified atom stereocenters. The molecule has 0 radical (unpaired) electrons. The van der Waals surface area contributed by atoms with Crippen LogP contribution in [0.15, 0.2) is 48.5 Å². The molecule has 2 rings (SSSR count). The summed E-state index contributed by atoms with van der Waals surface area (Å²) in [6.45, 7) is 6.73. The first kappa shape index (κ1) is 18.7. The molecule has 0 aliphatic rings. The molecule has 2 aromatic carbocycles. The molecular formula is C21H25NO3. The van der Waals surface area contributed by atoms with Crippen molar-refractivity contribution in [3.8, 4) is 5.75 Å². The Hall–Kier alpha value is -2.62. The number of Topliss-reactive ketones (excluding diaryl/α,β-unsaturated/α-hetero) is 1. The van der Waals surface area contributed by atoms with Crippen molar-refractivity contribution in [1.82, 2.24) is 4.90 Å². The molecule has 0 aliphatic carbocycles. The second-order valence-electron chi connectivity index (χ2n) is 6.14. The van der Waals surface area contributed by atoms with Crippen LogP contribution in [0, 0.1) is 6.92 Å². The van der Waals surface area contributed by atoms with Gasteiger partial charge in [-0.15, -0.1) is 0 Å². The van der Waals surface area contributed by atoms with Crippen molar-refractivity contribution >= 4 is 11.7 Å². The number of hydrogen-bond acceptors (Lipinski definition) is 3. The van der Waals surface area contributed by atoms with E-state index in [1.54, 1.807) is 29.2 Å². The van der Waals surface area contributed by atoms with Gasteiger partial charge in [-0.25, -0.2) is 0 Å². The van der Waals surface area contributed by atoms with Crippen molar-refractivity contribution < 1.29 is 14.3 Å². The highest BCUT2D eigenvalue weighted by atomic mass is 16.5. The van der Waals surface area contributed by atoms with Gasteiger partial charge in [0.2, 0.25) is 0 Å². The lowest BCUT2D eigenvalue weighted by atomic mass is 10.1. The fraction of sp³-hybridized carbons (Fsp3) is 0.333. The van der Waals surface area contributed by atoms with Crippen LogP contribution in [0.1, 0.15) is 41.8 Å². The van der Waals surface area contributed by atoms with Crippen LogP contribution >= 0.6 is 0 Å². The summed E-state index contributed by atoms with van der Waals surface area (Å²) in [5.74, 6) is 0.295. The van der Waals surface area contributed by atoms with Crippen molar-refractivity contribution in [2.24, 2.45) is 0 Å². The Bertz CT molecular complexity index is 722. The fourth-order valence-corrected chi connectivity index (χ4v) is 2.59. The Labute approximate surface area is 149 Å². The van der Waals surface area contributed by atoms with Crippen molar-refractivity contribution in [3.63, 3.8) is 0 Å². The number of carbonyl (C=O) groups excluding carboxylic acids is 2. The van der Waals surface area contributed by atoms with Gasteiger partial charge in [0.25, 0.3) is 5.91 Å². The van der Waals surface area contributed by atoms with Gasteiger partial charge in [-0.2, -0.15) is 0 Å². The van der Waals surface area contributed by atoms with Crippen LogP contribution < -0.4 is 4.74 Å². The molecule has 0 spiro atoms. The maximum absolute atomic E-state index is 12.6. The average Bonchev–Trinajstić information content (AvgIpc) is 2.61. The highest BCUT2D eigenvalue weighted by molar-refractivity contribution is 5.96. The quantitative estimate of drug-likeness (QED) is 0.683. The van der Waals surface area contributed by atoms with Gasteiger partial charge in [-0.3, -0.25) is 9.59 Å². The van der Waals surface area contributed by atoms with Crippen molar-refractivity contribution in [2.45, 2.75) is 33.7 Å². The lowest BCUT2D eigenvalue weighted by molar-refractivity contribution is -0.134. The Balaban J connectivity index is 2.03. The molecule has 2 aromatic rings. The normalized spacial score (nSPS) is 10.4. The van der Waals surface area contributed by atoms with Crippen LogP contribution in [0.2, 0.25) is 0 Å². The number of ether oxygens (including phenoxy) is 1. The first-order chi connectivity index (χ1) is 12.0. The Morgan fingerprint density at radius 3 is 2.36 bits per heavy atom. The molecule has 0 atom stereocenters.